The summed E-state index contributed by atoms with van der Waals surface area (Å²) in [7, 11) is 0. The lowest BCUT2D eigenvalue weighted by Crippen LogP contribution is -2.40. The average molecular weight is 306 g/mol. The maximum absolute atomic E-state index is 9.25. The quantitative estimate of drug-likeness (QED) is 0.866. The van der Waals surface area contributed by atoms with Crippen LogP contribution >= 0.6 is 15.9 Å². The molecule has 3 rings (SSSR count). The number of rotatable bonds is 1. The van der Waals surface area contributed by atoms with Crippen LogP contribution in [0.3, 0.4) is 0 Å². The van der Waals surface area contributed by atoms with Gasteiger partial charge in [-0.1, -0.05) is 15.9 Å². The van der Waals surface area contributed by atoms with Crippen LogP contribution in [0.5, 0.6) is 0 Å². The molecule has 1 aromatic carbocycles. The van der Waals surface area contributed by atoms with E-state index in [1.165, 1.54) is 12.8 Å². The highest BCUT2D eigenvalue weighted by Gasteiger charge is 2.34. The molecule has 0 radical (unpaired) electrons. The molecule has 1 aromatic rings. The van der Waals surface area contributed by atoms with Crippen molar-refractivity contribution < 1.29 is 0 Å². The van der Waals surface area contributed by atoms with Crippen molar-refractivity contribution in [2.24, 2.45) is 5.92 Å². The summed E-state index contributed by atoms with van der Waals surface area (Å²) >= 11 is 3.42. The minimum Gasteiger partial charge on any atom is -0.369 e. The first-order chi connectivity index (χ1) is 8.78. The van der Waals surface area contributed by atoms with Crippen LogP contribution in [0.4, 0.5) is 5.69 Å². The van der Waals surface area contributed by atoms with Crippen LogP contribution in [0.15, 0.2) is 22.7 Å². The van der Waals surface area contributed by atoms with E-state index >= 15 is 0 Å². The molecule has 2 aliphatic heterocycles. The predicted molar refractivity (Wildman–Crippen MR) is 75.6 cm³/mol. The lowest BCUT2D eigenvalue weighted by molar-refractivity contribution is 0.340. The van der Waals surface area contributed by atoms with Gasteiger partial charge in [0.15, 0.2) is 0 Å². The van der Waals surface area contributed by atoms with Crippen molar-refractivity contribution in [1.82, 2.24) is 5.32 Å². The van der Waals surface area contributed by atoms with E-state index in [4.69, 9.17) is 0 Å². The SMILES string of the molecule is N#Cc1cc(Br)ccc1N1CC2CCCNC2C1. The van der Waals surface area contributed by atoms with Gasteiger partial charge in [0.2, 0.25) is 0 Å². The van der Waals surface area contributed by atoms with E-state index in [1.54, 1.807) is 0 Å². The summed E-state index contributed by atoms with van der Waals surface area (Å²) in [6.07, 6.45) is 2.59. The maximum Gasteiger partial charge on any atom is 0.101 e. The third-order valence-corrected chi connectivity index (χ3v) is 4.51. The third kappa shape index (κ3) is 2.13. The molecule has 0 aromatic heterocycles. The lowest BCUT2D eigenvalue weighted by atomic mass is 9.94. The molecule has 94 valence electrons. The number of fused-ring (bicyclic) bond motifs is 1. The van der Waals surface area contributed by atoms with Crippen LogP contribution in [0, 0.1) is 17.2 Å². The fourth-order valence-electron chi connectivity index (χ4n) is 3.12. The Bertz CT molecular complexity index is 480. The zero-order valence-electron chi connectivity index (χ0n) is 10.2. The summed E-state index contributed by atoms with van der Waals surface area (Å²) in [5.74, 6) is 0.744. The highest BCUT2D eigenvalue weighted by Crippen LogP contribution is 2.32. The molecule has 2 fully saturated rings. The Morgan fingerprint density at radius 3 is 3.06 bits per heavy atom. The fourth-order valence-corrected chi connectivity index (χ4v) is 3.48. The standard InChI is InChI=1S/C14H16BrN3/c15-12-3-4-14(11(6-12)7-16)18-8-10-2-1-5-17-13(10)9-18/h3-4,6,10,13,17H,1-2,5,8-9H2. The van der Waals surface area contributed by atoms with Gasteiger partial charge >= 0.3 is 0 Å². The van der Waals surface area contributed by atoms with Gasteiger partial charge in [0, 0.05) is 23.6 Å². The summed E-state index contributed by atoms with van der Waals surface area (Å²) in [6.45, 7) is 3.25. The van der Waals surface area contributed by atoms with E-state index in [-0.39, 0.29) is 0 Å². The fraction of sp³-hybridized carbons (Fsp3) is 0.500. The zero-order chi connectivity index (χ0) is 12.5. The summed E-state index contributed by atoms with van der Waals surface area (Å²) in [4.78, 5) is 2.36. The number of hydrogen-bond acceptors (Lipinski definition) is 3. The molecule has 2 atom stereocenters. The first-order valence-electron chi connectivity index (χ1n) is 6.46. The molecular weight excluding hydrogens is 290 g/mol. The zero-order valence-corrected chi connectivity index (χ0v) is 11.8. The van der Waals surface area contributed by atoms with E-state index in [1.807, 2.05) is 12.1 Å². The number of nitriles is 1. The normalized spacial score (nSPS) is 26.8. The van der Waals surface area contributed by atoms with E-state index in [9.17, 15) is 5.26 Å². The van der Waals surface area contributed by atoms with Gasteiger partial charge in [-0.2, -0.15) is 5.26 Å². The summed E-state index contributed by atoms with van der Waals surface area (Å²) in [6, 6.07) is 8.89. The number of halogens is 1. The van der Waals surface area contributed by atoms with Crippen LogP contribution in [0.25, 0.3) is 0 Å². The Kier molecular flexibility index (Phi) is 3.27. The van der Waals surface area contributed by atoms with Crippen molar-refractivity contribution >= 4 is 21.6 Å². The van der Waals surface area contributed by atoms with Gasteiger partial charge in [0.25, 0.3) is 0 Å². The first kappa shape index (κ1) is 12.0. The van der Waals surface area contributed by atoms with E-state index in [0.29, 0.717) is 6.04 Å². The Balaban J connectivity index is 1.86. The number of hydrogen-bond donors (Lipinski definition) is 1. The summed E-state index contributed by atoms with van der Waals surface area (Å²) in [5, 5.41) is 12.8. The van der Waals surface area contributed by atoms with Crippen molar-refractivity contribution in [1.29, 1.82) is 5.26 Å². The Labute approximate surface area is 116 Å². The van der Waals surface area contributed by atoms with Crippen molar-refractivity contribution in [3.63, 3.8) is 0 Å². The number of nitrogens with zero attached hydrogens (tertiary/aromatic N) is 2. The van der Waals surface area contributed by atoms with Crippen LogP contribution in [0.2, 0.25) is 0 Å². The lowest BCUT2D eigenvalue weighted by Gasteiger charge is -2.24. The van der Waals surface area contributed by atoms with Gasteiger partial charge < -0.3 is 10.2 Å². The molecule has 18 heavy (non-hydrogen) atoms. The Morgan fingerprint density at radius 2 is 2.28 bits per heavy atom. The molecule has 2 unspecified atom stereocenters. The monoisotopic (exact) mass is 305 g/mol. The number of anilines is 1. The largest absolute Gasteiger partial charge is 0.369 e. The second kappa shape index (κ2) is 4.91. The van der Waals surface area contributed by atoms with Crippen molar-refractivity contribution in [3.05, 3.63) is 28.2 Å². The third-order valence-electron chi connectivity index (χ3n) is 4.02. The molecule has 0 bridgehead atoms. The molecule has 3 nitrogen and oxygen atoms in total. The van der Waals surface area contributed by atoms with Gasteiger partial charge in [0.05, 0.1) is 11.3 Å². The molecule has 0 saturated carbocycles. The molecule has 2 heterocycles. The summed E-state index contributed by atoms with van der Waals surface area (Å²) < 4.78 is 0.970. The number of benzene rings is 1. The van der Waals surface area contributed by atoms with Gasteiger partial charge in [-0.3, -0.25) is 0 Å². The number of piperidine rings is 1. The highest BCUT2D eigenvalue weighted by molar-refractivity contribution is 9.10. The second-order valence-corrected chi connectivity index (χ2v) is 6.06. The van der Waals surface area contributed by atoms with Gasteiger partial charge in [-0.25, -0.2) is 0 Å². The van der Waals surface area contributed by atoms with Gasteiger partial charge in [-0.05, 0) is 43.5 Å². The van der Waals surface area contributed by atoms with E-state index in [2.05, 4.69) is 38.3 Å². The smallest absolute Gasteiger partial charge is 0.101 e. The van der Waals surface area contributed by atoms with Crippen molar-refractivity contribution in [3.8, 4) is 6.07 Å². The van der Waals surface area contributed by atoms with E-state index in [0.717, 1.165) is 41.3 Å². The maximum atomic E-state index is 9.25. The number of nitrogens with one attached hydrogen (secondary N) is 1. The summed E-state index contributed by atoms with van der Waals surface area (Å²) in [5.41, 5.74) is 1.85. The predicted octanol–water partition coefficient (Wildman–Crippen LogP) is 2.51. The van der Waals surface area contributed by atoms with Gasteiger partial charge in [0.1, 0.15) is 6.07 Å². The second-order valence-electron chi connectivity index (χ2n) is 5.14. The van der Waals surface area contributed by atoms with Gasteiger partial charge in [-0.15, -0.1) is 0 Å². The molecule has 0 aliphatic carbocycles. The van der Waals surface area contributed by atoms with E-state index < -0.39 is 0 Å². The minimum atomic E-state index is 0.605. The van der Waals surface area contributed by atoms with Crippen molar-refractivity contribution in [2.75, 3.05) is 24.5 Å². The molecule has 0 spiro atoms. The topological polar surface area (TPSA) is 39.1 Å². The van der Waals surface area contributed by atoms with Crippen molar-refractivity contribution in [2.45, 2.75) is 18.9 Å². The van der Waals surface area contributed by atoms with Crippen LogP contribution in [-0.4, -0.2) is 25.7 Å². The molecular formula is C14H16BrN3. The Hall–Kier alpha value is -1.05. The molecule has 0 amide bonds. The molecule has 2 aliphatic rings. The molecule has 2 saturated heterocycles. The van der Waals surface area contributed by atoms with Crippen LogP contribution in [-0.2, 0) is 0 Å². The average Bonchev–Trinajstić information content (AvgIpc) is 2.82. The Morgan fingerprint density at radius 1 is 1.39 bits per heavy atom. The first-order valence-corrected chi connectivity index (χ1v) is 7.25. The highest BCUT2D eigenvalue weighted by atomic mass is 79.9. The van der Waals surface area contributed by atoms with Crippen LogP contribution < -0.4 is 10.2 Å². The molecule has 4 heteroatoms. The van der Waals surface area contributed by atoms with Crippen LogP contribution in [0.1, 0.15) is 18.4 Å². The molecule has 1 N–H and O–H groups in total. The minimum absolute atomic E-state index is 0.605.